The van der Waals surface area contributed by atoms with Gasteiger partial charge in [0, 0.05) is 52.0 Å². The summed E-state index contributed by atoms with van der Waals surface area (Å²) in [7, 11) is 3.83. The van der Waals surface area contributed by atoms with Crippen LogP contribution in [0.1, 0.15) is 30.8 Å². The van der Waals surface area contributed by atoms with Gasteiger partial charge in [-0.2, -0.15) is 5.10 Å². The number of ether oxygens (including phenoxy) is 1. The van der Waals surface area contributed by atoms with Crippen molar-refractivity contribution in [3.63, 3.8) is 0 Å². The molecule has 0 amide bonds. The molecule has 1 aromatic heterocycles. The van der Waals surface area contributed by atoms with Crippen LogP contribution in [0.3, 0.4) is 0 Å². The summed E-state index contributed by atoms with van der Waals surface area (Å²) < 4.78 is 7.44. The monoisotopic (exact) mass is 364 g/mol. The maximum absolute atomic E-state index is 5.49. The van der Waals surface area contributed by atoms with Crippen LogP contribution in [0.2, 0.25) is 0 Å². The number of aromatic nitrogens is 2. The van der Waals surface area contributed by atoms with E-state index in [4.69, 9.17) is 4.74 Å². The van der Waals surface area contributed by atoms with Crippen molar-refractivity contribution in [2.75, 3.05) is 46.4 Å². The van der Waals surface area contributed by atoms with Crippen LogP contribution in [0.4, 0.5) is 0 Å². The fraction of sp³-hybridized carbons (Fsp3) is 0.789. The van der Waals surface area contributed by atoms with E-state index in [9.17, 15) is 0 Å². The smallest absolute Gasteiger partial charge is 0.191 e. The molecule has 2 rings (SSSR count). The first-order valence-electron chi connectivity index (χ1n) is 9.69. The molecule has 1 unspecified atom stereocenters. The van der Waals surface area contributed by atoms with Crippen LogP contribution in [-0.4, -0.2) is 73.1 Å². The van der Waals surface area contributed by atoms with Crippen molar-refractivity contribution in [3.8, 4) is 0 Å². The lowest BCUT2D eigenvalue weighted by molar-refractivity contribution is 0.00752. The fourth-order valence-corrected chi connectivity index (χ4v) is 3.60. The van der Waals surface area contributed by atoms with E-state index in [1.54, 1.807) is 0 Å². The van der Waals surface area contributed by atoms with Gasteiger partial charge >= 0.3 is 0 Å². The first kappa shape index (κ1) is 20.7. The first-order chi connectivity index (χ1) is 12.4. The largest absolute Gasteiger partial charge is 0.379 e. The molecule has 1 fully saturated rings. The minimum atomic E-state index is 0.486. The summed E-state index contributed by atoms with van der Waals surface area (Å²) in [4.78, 5) is 6.90. The summed E-state index contributed by atoms with van der Waals surface area (Å²) >= 11 is 0. The second-order valence-electron chi connectivity index (χ2n) is 7.36. The average molecular weight is 365 g/mol. The van der Waals surface area contributed by atoms with Crippen LogP contribution in [-0.2, 0) is 18.2 Å². The molecule has 0 spiro atoms. The van der Waals surface area contributed by atoms with Gasteiger partial charge in [0.2, 0.25) is 0 Å². The highest BCUT2D eigenvalue weighted by molar-refractivity contribution is 5.79. The second kappa shape index (κ2) is 9.92. The second-order valence-corrected chi connectivity index (χ2v) is 7.36. The van der Waals surface area contributed by atoms with E-state index >= 15 is 0 Å². The molecule has 1 saturated heterocycles. The molecular formula is C19H36N6O. The minimum Gasteiger partial charge on any atom is -0.379 e. The number of morpholine rings is 1. The lowest BCUT2D eigenvalue weighted by atomic mass is 10.0. The highest BCUT2D eigenvalue weighted by Crippen LogP contribution is 2.13. The number of hydrogen-bond donors (Lipinski definition) is 2. The molecule has 2 N–H and O–H groups in total. The summed E-state index contributed by atoms with van der Waals surface area (Å²) in [6.45, 7) is 14.2. The predicted octanol–water partition coefficient (Wildman–Crippen LogP) is 1.10. The van der Waals surface area contributed by atoms with Gasteiger partial charge in [-0.1, -0.05) is 13.8 Å². The van der Waals surface area contributed by atoms with Gasteiger partial charge in [0.15, 0.2) is 5.96 Å². The van der Waals surface area contributed by atoms with E-state index in [0.29, 0.717) is 12.0 Å². The summed E-state index contributed by atoms with van der Waals surface area (Å²) in [5.41, 5.74) is 3.67. The van der Waals surface area contributed by atoms with Crippen LogP contribution >= 0.6 is 0 Å². The molecule has 0 aliphatic carbocycles. The third-order valence-electron chi connectivity index (χ3n) is 5.31. The molecule has 1 aliphatic rings. The van der Waals surface area contributed by atoms with Crippen molar-refractivity contribution >= 4 is 5.96 Å². The number of nitrogens with one attached hydrogen (secondary N) is 2. The van der Waals surface area contributed by atoms with Crippen LogP contribution in [0.15, 0.2) is 4.99 Å². The van der Waals surface area contributed by atoms with Gasteiger partial charge in [0.05, 0.1) is 18.9 Å². The molecule has 148 valence electrons. The highest BCUT2D eigenvalue weighted by Gasteiger charge is 2.23. The van der Waals surface area contributed by atoms with Gasteiger partial charge in [-0.3, -0.25) is 14.6 Å². The van der Waals surface area contributed by atoms with E-state index in [0.717, 1.165) is 57.5 Å². The van der Waals surface area contributed by atoms with E-state index in [-0.39, 0.29) is 0 Å². The molecule has 26 heavy (non-hydrogen) atoms. The lowest BCUT2D eigenvalue weighted by Gasteiger charge is -2.37. The van der Waals surface area contributed by atoms with Crippen LogP contribution < -0.4 is 10.6 Å². The summed E-state index contributed by atoms with van der Waals surface area (Å²) in [5.74, 6) is 1.45. The van der Waals surface area contributed by atoms with Gasteiger partial charge in [-0.15, -0.1) is 0 Å². The van der Waals surface area contributed by atoms with Crippen LogP contribution in [0.5, 0.6) is 0 Å². The number of hydrogen-bond acceptors (Lipinski definition) is 4. The maximum atomic E-state index is 5.49. The SMILES string of the molecule is CN=C(NCCc1c(C)nn(C)c1C)NCC(C(C)C)N1CCOCC1. The molecule has 7 nitrogen and oxygen atoms in total. The van der Waals surface area contributed by atoms with E-state index in [1.165, 1.54) is 11.3 Å². The zero-order valence-corrected chi connectivity index (χ0v) is 17.3. The van der Waals surface area contributed by atoms with Crippen molar-refractivity contribution in [2.45, 2.75) is 40.2 Å². The molecule has 7 heteroatoms. The zero-order valence-electron chi connectivity index (χ0n) is 17.3. The van der Waals surface area contributed by atoms with Crippen molar-refractivity contribution in [1.29, 1.82) is 0 Å². The zero-order chi connectivity index (χ0) is 19.1. The van der Waals surface area contributed by atoms with E-state index in [1.807, 2.05) is 18.8 Å². The molecule has 1 aliphatic heterocycles. The number of nitrogens with zero attached hydrogens (tertiary/aromatic N) is 4. The molecule has 1 aromatic rings. The van der Waals surface area contributed by atoms with E-state index < -0.39 is 0 Å². The van der Waals surface area contributed by atoms with Crippen molar-refractivity contribution in [3.05, 3.63) is 17.0 Å². The van der Waals surface area contributed by atoms with Gasteiger partial charge in [-0.25, -0.2) is 0 Å². The third kappa shape index (κ3) is 5.45. The van der Waals surface area contributed by atoms with Crippen molar-refractivity contribution in [2.24, 2.45) is 18.0 Å². The minimum absolute atomic E-state index is 0.486. The summed E-state index contributed by atoms with van der Waals surface area (Å²) in [6, 6.07) is 0.486. The Balaban J connectivity index is 1.82. The number of rotatable bonds is 7. The molecule has 0 saturated carbocycles. The molecule has 2 heterocycles. The van der Waals surface area contributed by atoms with Gasteiger partial charge in [0.25, 0.3) is 0 Å². The predicted molar refractivity (Wildman–Crippen MR) is 107 cm³/mol. The van der Waals surface area contributed by atoms with Gasteiger partial charge < -0.3 is 15.4 Å². The quantitative estimate of drug-likeness (QED) is 0.560. The number of guanidine groups is 1. The number of aryl methyl sites for hydroxylation is 2. The fourth-order valence-electron chi connectivity index (χ4n) is 3.60. The Kier molecular flexibility index (Phi) is 7.90. The third-order valence-corrected chi connectivity index (χ3v) is 5.31. The Hall–Kier alpha value is -1.60. The Morgan fingerprint density at radius 2 is 1.92 bits per heavy atom. The maximum Gasteiger partial charge on any atom is 0.191 e. The Bertz CT molecular complexity index is 589. The molecule has 0 bridgehead atoms. The molecule has 0 radical (unpaired) electrons. The molecular weight excluding hydrogens is 328 g/mol. The van der Waals surface area contributed by atoms with Crippen LogP contribution in [0, 0.1) is 19.8 Å². The van der Waals surface area contributed by atoms with Crippen molar-refractivity contribution in [1.82, 2.24) is 25.3 Å². The van der Waals surface area contributed by atoms with Crippen LogP contribution in [0.25, 0.3) is 0 Å². The van der Waals surface area contributed by atoms with Gasteiger partial charge in [-0.05, 0) is 31.7 Å². The molecule has 0 aromatic carbocycles. The van der Waals surface area contributed by atoms with Crippen molar-refractivity contribution < 1.29 is 4.74 Å². The summed E-state index contributed by atoms with van der Waals surface area (Å²) in [6.07, 6.45) is 0.948. The Morgan fingerprint density at radius 3 is 2.46 bits per heavy atom. The topological polar surface area (TPSA) is 66.7 Å². The normalized spacial score (nSPS) is 17.6. The summed E-state index contributed by atoms with van der Waals surface area (Å²) in [5, 5.41) is 11.4. The highest BCUT2D eigenvalue weighted by atomic mass is 16.5. The van der Waals surface area contributed by atoms with E-state index in [2.05, 4.69) is 53.3 Å². The molecule has 1 atom stereocenters. The first-order valence-corrected chi connectivity index (χ1v) is 9.69. The lowest BCUT2D eigenvalue weighted by Crippen LogP contribution is -2.52. The van der Waals surface area contributed by atoms with Gasteiger partial charge in [0.1, 0.15) is 0 Å². The Labute approximate surface area is 158 Å². The Morgan fingerprint density at radius 1 is 1.23 bits per heavy atom. The average Bonchev–Trinajstić information content (AvgIpc) is 2.86. The number of aliphatic imine (C=N–C) groups is 1. The standard InChI is InChI=1S/C19H36N6O/c1-14(2)18(25-9-11-26-12-10-25)13-22-19(20-5)21-8-7-17-15(3)23-24(6)16(17)4/h14,18H,7-13H2,1-6H3,(H2,20,21,22).